The first kappa shape index (κ1) is 13.3. The van der Waals surface area contributed by atoms with Crippen molar-refractivity contribution < 1.29 is 23.7 Å². The molecule has 2 aromatic rings. The number of hydrogen-bond donors (Lipinski definition) is 0. The van der Waals surface area contributed by atoms with Gasteiger partial charge in [0.1, 0.15) is 11.5 Å². The maximum atomic E-state index is 12.2. The molecule has 0 saturated heterocycles. The molecule has 0 aliphatic carbocycles. The maximum absolute atomic E-state index is 12.2. The number of carbonyl (C=O) groups excluding carboxylic acids is 1. The van der Waals surface area contributed by atoms with Gasteiger partial charge in [0.2, 0.25) is 12.6 Å². The summed E-state index contributed by atoms with van der Waals surface area (Å²) in [5, 5.41) is 0. The summed E-state index contributed by atoms with van der Waals surface area (Å²) < 4.78 is 21.1. The molecule has 0 bridgehead atoms. The Morgan fingerprint density at radius 1 is 1.14 bits per heavy atom. The van der Waals surface area contributed by atoms with Gasteiger partial charge in [0, 0.05) is 6.07 Å². The van der Waals surface area contributed by atoms with E-state index in [1.54, 1.807) is 36.4 Å². The zero-order chi connectivity index (χ0) is 14.7. The highest BCUT2D eigenvalue weighted by atomic mass is 16.7. The lowest BCUT2D eigenvalue weighted by Gasteiger charge is -2.09. The smallest absolute Gasteiger partial charge is 0.231 e. The quantitative estimate of drug-likeness (QED) is 0.791. The molecule has 0 unspecified atom stereocenters. The van der Waals surface area contributed by atoms with E-state index >= 15 is 0 Å². The Labute approximate surface area is 122 Å². The highest BCUT2D eigenvalue weighted by Crippen LogP contribution is 2.35. The highest BCUT2D eigenvalue weighted by molar-refractivity contribution is 5.99. The summed E-state index contributed by atoms with van der Waals surface area (Å²) in [6, 6.07) is 12.3. The summed E-state index contributed by atoms with van der Waals surface area (Å²) in [5.74, 6) is 2.25. The molecule has 0 spiro atoms. The molecule has 3 rings (SSSR count). The standard InChI is InChI=1S/C16H14O5/c1-18-14-5-3-2-4-12(14)13(17)9-19-11-6-7-15-16(8-11)21-10-20-15/h2-8H,9-10H2,1H3. The van der Waals surface area contributed by atoms with Gasteiger partial charge in [0.05, 0.1) is 12.7 Å². The molecule has 1 heterocycles. The molecule has 1 aliphatic heterocycles. The van der Waals surface area contributed by atoms with Gasteiger partial charge in [-0.1, -0.05) is 12.1 Å². The third kappa shape index (κ3) is 2.76. The van der Waals surface area contributed by atoms with E-state index in [1.165, 1.54) is 7.11 Å². The first-order valence-corrected chi connectivity index (χ1v) is 6.46. The van der Waals surface area contributed by atoms with Crippen molar-refractivity contribution in [3.63, 3.8) is 0 Å². The molecule has 0 aromatic heterocycles. The van der Waals surface area contributed by atoms with Gasteiger partial charge < -0.3 is 18.9 Å². The Hall–Kier alpha value is -2.69. The van der Waals surface area contributed by atoms with Gasteiger partial charge in [0.15, 0.2) is 18.1 Å². The van der Waals surface area contributed by atoms with Gasteiger partial charge in [-0.05, 0) is 24.3 Å². The normalized spacial score (nSPS) is 12.0. The van der Waals surface area contributed by atoms with Crippen LogP contribution in [0.3, 0.4) is 0 Å². The molecule has 2 aromatic carbocycles. The second-order valence-corrected chi connectivity index (χ2v) is 4.43. The topological polar surface area (TPSA) is 54.0 Å². The first-order chi connectivity index (χ1) is 10.3. The molecule has 108 valence electrons. The number of rotatable bonds is 5. The minimum atomic E-state index is -0.148. The van der Waals surface area contributed by atoms with Crippen LogP contribution >= 0.6 is 0 Å². The molecule has 0 fully saturated rings. The van der Waals surface area contributed by atoms with Crippen molar-refractivity contribution in [2.24, 2.45) is 0 Å². The lowest BCUT2D eigenvalue weighted by atomic mass is 10.1. The number of benzene rings is 2. The molecule has 21 heavy (non-hydrogen) atoms. The predicted octanol–water partition coefficient (Wildman–Crippen LogP) is 2.69. The lowest BCUT2D eigenvalue weighted by molar-refractivity contribution is 0.0918. The second-order valence-electron chi connectivity index (χ2n) is 4.43. The fourth-order valence-electron chi connectivity index (χ4n) is 2.07. The average molecular weight is 286 g/mol. The van der Waals surface area contributed by atoms with E-state index in [2.05, 4.69) is 0 Å². The van der Waals surface area contributed by atoms with E-state index in [4.69, 9.17) is 18.9 Å². The van der Waals surface area contributed by atoms with E-state index in [9.17, 15) is 4.79 Å². The summed E-state index contributed by atoms with van der Waals surface area (Å²) in [6.45, 7) is 0.138. The highest BCUT2D eigenvalue weighted by Gasteiger charge is 2.15. The molecule has 1 aliphatic rings. The van der Waals surface area contributed by atoms with Crippen molar-refractivity contribution in [1.29, 1.82) is 0 Å². The number of fused-ring (bicyclic) bond motifs is 1. The minimum Gasteiger partial charge on any atom is -0.496 e. The molecule has 0 amide bonds. The third-order valence-corrected chi connectivity index (χ3v) is 3.12. The summed E-state index contributed by atoms with van der Waals surface area (Å²) in [7, 11) is 1.53. The number of ether oxygens (including phenoxy) is 4. The number of methoxy groups -OCH3 is 1. The molecular weight excluding hydrogens is 272 g/mol. The fraction of sp³-hybridized carbons (Fsp3) is 0.188. The molecule has 0 radical (unpaired) electrons. The first-order valence-electron chi connectivity index (χ1n) is 6.46. The van der Waals surface area contributed by atoms with Gasteiger partial charge in [-0.15, -0.1) is 0 Å². The van der Waals surface area contributed by atoms with Crippen LogP contribution in [-0.2, 0) is 0 Å². The Morgan fingerprint density at radius 2 is 1.95 bits per heavy atom. The third-order valence-electron chi connectivity index (χ3n) is 3.12. The Morgan fingerprint density at radius 3 is 2.81 bits per heavy atom. The predicted molar refractivity (Wildman–Crippen MR) is 75.4 cm³/mol. The van der Waals surface area contributed by atoms with E-state index in [1.807, 2.05) is 6.07 Å². The van der Waals surface area contributed by atoms with Gasteiger partial charge >= 0.3 is 0 Å². The molecule has 0 saturated carbocycles. The van der Waals surface area contributed by atoms with E-state index in [-0.39, 0.29) is 19.2 Å². The number of ketones is 1. The Kier molecular flexibility index (Phi) is 3.64. The van der Waals surface area contributed by atoms with Crippen molar-refractivity contribution in [3.05, 3.63) is 48.0 Å². The minimum absolute atomic E-state index is 0.0694. The Balaban J connectivity index is 1.68. The Bertz CT molecular complexity index is 665. The summed E-state index contributed by atoms with van der Waals surface area (Å²) in [6.07, 6.45) is 0. The van der Waals surface area contributed by atoms with Crippen molar-refractivity contribution >= 4 is 5.78 Å². The molecule has 5 heteroatoms. The summed E-state index contributed by atoms with van der Waals surface area (Å²) in [4.78, 5) is 12.2. The number of Topliss-reactive ketones (excluding diaryl/α,β-unsaturated/α-hetero) is 1. The lowest BCUT2D eigenvalue weighted by Crippen LogP contribution is -2.12. The molecule has 0 N–H and O–H groups in total. The van der Waals surface area contributed by atoms with E-state index < -0.39 is 0 Å². The summed E-state index contributed by atoms with van der Waals surface area (Å²) in [5.41, 5.74) is 0.501. The summed E-state index contributed by atoms with van der Waals surface area (Å²) >= 11 is 0. The van der Waals surface area contributed by atoms with Gasteiger partial charge in [-0.3, -0.25) is 4.79 Å². The monoisotopic (exact) mass is 286 g/mol. The van der Waals surface area contributed by atoms with Crippen LogP contribution in [0.4, 0.5) is 0 Å². The van der Waals surface area contributed by atoms with Crippen LogP contribution < -0.4 is 18.9 Å². The van der Waals surface area contributed by atoms with Gasteiger partial charge in [-0.2, -0.15) is 0 Å². The number of para-hydroxylation sites is 1. The van der Waals surface area contributed by atoms with Crippen LogP contribution in [0.15, 0.2) is 42.5 Å². The van der Waals surface area contributed by atoms with E-state index in [0.29, 0.717) is 28.6 Å². The van der Waals surface area contributed by atoms with Crippen molar-refractivity contribution in [2.45, 2.75) is 0 Å². The zero-order valence-corrected chi connectivity index (χ0v) is 11.5. The van der Waals surface area contributed by atoms with E-state index in [0.717, 1.165) is 0 Å². The molecule has 0 atom stereocenters. The van der Waals surface area contributed by atoms with Crippen LogP contribution in [0, 0.1) is 0 Å². The molecular formula is C16H14O5. The average Bonchev–Trinajstić information content (AvgIpc) is 3.00. The SMILES string of the molecule is COc1ccccc1C(=O)COc1ccc2c(c1)OCO2. The van der Waals surface area contributed by atoms with Crippen LogP contribution in [0.2, 0.25) is 0 Å². The van der Waals surface area contributed by atoms with Gasteiger partial charge in [0.25, 0.3) is 0 Å². The van der Waals surface area contributed by atoms with Crippen LogP contribution in [0.1, 0.15) is 10.4 Å². The van der Waals surface area contributed by atoms with Crippen molar-refractivity contribution in [2.75, 3.05) is 20.5 Å². The van der Waals surface area contributed by atoms with Crippen LogP contribution in [-0.4, -0.2) is 26.3 Å². The fourth-order valence-corrected chi connectivity index (χ4v) is 2.07. The maximum Gasteiger partial charge on any atom is 0.231 e. The van der Waals surface area contributed by atoms with Crippen molar-refractivity contribution in [3.8, 4) is 23.0 Å². The van der Waals surface area contributed by atoms with Crippen molar-refractivity contribution in [1.82, 2.24) is 0 Å². The molecule has 5 nitrogen and oxygen atoms in total. The zero-order valence-electron chi connectivity index (χ0n) is 11.5. The largest absolute Gasteiger partial charge is 0.496 e. The number of hydrogen-bond acceptors (Lipinski definition) is 5. The van der Waals surface area contributed by atoms with Crippen LogP contribution in [0.5, 0.6) is 23.0 Å². The number of carbonyl (C=O) groups is 1. The van der Waals surface area contributed by atoms with Gasteiger partial charge in [-0.25, -0.2) is 0 Å². The second kappa shape index (κ2) is 5.75. The van der Waals surface area contributed by atoms with Crippen LogP contribution in [0.25, 0.3) is 0 Å².